The van der Waals surface area contributed by atoms with Gasteiger partial charge in [0.1, 0.15) is 12.4 Å². The topological polar surface area (TPSA) is 52.3 Å². The third kappa shape index (κ3) is 3.48. The van der Waals surface area contributed by atoms with Gasteiger partial charge in [-0.3, -0.25) is 4.79 Å². The van der Waals surface area contributed by atoms with Crippen LogP contribution in [-0.2, 0) is 6.61 Å². The Morgan fingerprint density at radius 3 is 2.47 bits per heavy atom. The number of nitrogens with two attached hydrogens (primary N) is 1. The van der Waals surface area contributed by atoms with Crippen LogP contribution < -0.4 is 10.5 Å². The fourth-order valence-electron chi connectivity index (χ4n) is 1.70. The third-order valence-electron chi connectivity index (χ3n) is 2.72. The van der Waals surface area contributed by atoms with E-state index in [1.165, 1.54) is 6.92 Å². The Hall–Kier alpha value is -2.00. The normalized spacial score (nSPS) is 10.2. The first-order valence-corrected chi connectivity index (χ1v) is 6.22. The predicted molar refractivity (Wildman–Crippen MR) is 76.6 cm³/mol. The van der Waals surface area contributed by atoms with Crippen LogP contribution in [0.3, 0.4) is 0 Å². The summed E-state index contributed by atoms with van der Waals surface area (Å²) in [5.74, 6) is 0.583. The standard InChI is InChI=1S/C15H14ClNO2/c1-10(18)14-7-6-13(8-15(14)17)19-9-11-2-4-12(16)5-3-11/h2-8H,9,17H2,1H3. The lowest BCUT2D eigenvalue weighted by atomic mass is 10.1. The van der Waals surface area contributed by atoms with Gasteiger partial charge in [-0.2, -0.15) is 0 Å². The maximum Gasteiger partial charge on any atom is 0.161 e. The molecule has 0 aliphatic rings. The molecular weight excluding hydrogens is 262 g/mol. The number of rotatable bonds is 4. The first-order chi connectivity index (χ1) is 9.06. The Morgan fingerprint density at radius 2 is 1.89 bits per heavy atom. The molecule has 2 rings (SSSR count). The van der Waals surface area contributed by atoms with Gasteiger partial charge in [-0.05, 0) is 36.8 Å². The van der Waals surface area contributed by atoms with Gasteiger partial charge in [0.25, 0.3) is 0 Å². The highest BCUT2D eigenvalue weighted by atomic mass is 35.5. The molecule has 2 aromatic rings. The number of ether oxygens (including phenoxy) is 1. The van der Waals surface area contributed by atoms with Gasteiger partial charge < -0.3 is 10.5 Å². The second-order valence-electron chi connectivity index (χ2n) is 4.22. The summed E-state index contributed by atoms with van der Waals surface area (Å²) in [6, 6.07) is 12.5. The van der Waals surface area contributed by atoms with Crippen LogP contribution >= 0.6 is 11.6 Å². The molecule has 19 heavy (non-hydrogen) atoms. The van der Waals surface area contributed by atoms with Gasteiger partial charge >= 0.3 is 0 Å². The number of Topliss-reactive ketones (excluding diaryl/α,β-unsaturated/α-hetero) is 1. The zero-order valence-corrected chi connectivity index (χ0v) is 11.3. The average molecular weight is 276 g/mol. The molecule has 0 heterocycles. The number of ketones is 1. The molecule has 0 bridgehead atoms. The van der Waals surface area contributed by atoms with Crippen LogP contribution in [0.2, 0.25) is 5.02 Å². The zero-order valence-electron chi connectivity index (χ0n) is 10.5. The summed E-state index contributed by atoms with van der Waals surface area (Å²) in [5, 5.41) is 0.693. The highest BCUT2D eigenvalue weighted by Crippen LogP contribution is 2.21. The Bertz CT molecular complexity index is 594. The van der Waals surface area contributed by atoms with Crippen LogP contribution in [0.1, 0.15) is 22.8 Å². The Labute approximate surface area is 117 Å². The van der Waals surface area contributed by atoms with Crippen molar-refractivity contribution in [1.29, 1.82) is 0 Å². The molecule has 2 N–H and O–H groups in total. The number of hydrogen-bond acceptors (Lipinski definition) is 3. The number of nitrogen functional groups attached to an aromatic ring is 1. The van der Waals surface area contributed by atoms with Gasteiger partial charge in [0.15, 0.2) is 5.78 Å². The van der Waals surface area contributed by atoms with E-state index in [4.69, 9.17) is 22.1 Å². The molecule has 0 saturated carbocycles. The molecule has 3 nitrogen and oxygen atoms in total. The quantitative estimate of drug-likeness (QED) is 0.684. The second kappa shape index (κ2) is 5.76. The molecule has 0 saturated heterocycles. The number of carbonyl (C=O) groups excluding carboxylic acids is 1. The van der Waals surface area contributed by atoms with Crippen molar-refractivity contribution in [3.05, 3.63) is 58.6 Å². The smallest absolute Gasteiger partial charge is 0.161 e. The summed E-state index contributed by atoms with van der Waals surface area (Å²) in [5.41, 5.74) is 7.75. The molecular formula is C15H14ClNO2. The minimum Gasteiger partial charge on any atom is -0.489 e. The molecule has 0 aliphatic carbocycles. The largest absolute Gasteiger partial charge is 0.489 e. The molecule has 2 aromatic carbocycles. The number of anilines is 1. The fraction of sp³-hybridized carbons (Fsp3) is 0.133. The van der Waals surface area contributed by atoms with E-state index in [2.05, 4.69) is 0 Å². The van der Waals surface area contributed by atoms with Crippen molar-refractivity contribution in [2.24, 2.45) is 0 Å². The molecule has 0 aliphatic heterocycles. The highest BCUT2D eigenvalue weighted by Gasteiger charge is 2.06. The molecule has 0 radical (unpaired) electrons. The van der Waals surface area contributed by atoms with E-state index in [-0.39, 0.29) is 5.78 Å². The molecule has 0 fully saturated rings. The predicted octanol–water partition coefficient (Wildman–Crippen LogP) is 3.70. The van der Waals surface area contributed by atoms with Crippen LogP contribution in [0.15, 0.2) is 42.5 Å². The molecule has 98 valence electrons. The molecule has 0 spiro atoms. The summed E-state index contributed by atoms with van der Waals surface area (Å²) in [6.07, 6.45) is 0. The monoisotopic (exact) mass is 275 g/mol. The van der Waals surface area contributed by atoms with Gasteiger partial charge in [-0.25, -0.2) is 0 Å². The van der Waals surface area contributed by atoms with E-state index in [0.29, 0.717) is 28.6 Å². The van der Waals surface area contributed by atoms with Gasteiger partial charge in [0.05, 0.1) is 0 Å². The summed E-state index contributed by atoms with van der Waals surface area (Å²) in [6.45, 7) is 1.91. The van der Waals surface area contributed by atoms with E-state index >= 15 is 0 Å². The van der Waals surface area contributed by atoms with Crippen molar-refractivity contribution in [3.63, 3.8) is 0 Å². The minimum atomic E-state index is -0.0539. The summed E-state index contributed by atoms with van der Waals surface area (Å²) >= 11 is 5.81. The Balaban J connectivity index is 2.06. The number of carbonyl (C=O) groups is 1. The van der Waals surface area contributed by atoms with E-state index in [1.807, 2.05) is 24.3 Å². The zero-order chi connectivity index (χ0) is 13.8. The lowest BCUT2D eigenvalue weighted by Gasteiger charge is -2.09. The second-order valence-corrected chi connectivity index (χ2v) is 4.66. The molecule has 0 amide bonds. The Kier molecular flexibility index (Phi) is 4.07. The van der Waals surface area contributed by atoms with Gasteiger partial charge in [-0.15, -0.1) is 0 Å². The lowest BCUT2D eigenvalue weighted by molar-refractivity contribution is 0.101. The lowest BCUT2D eigenvalue weighted by Crippen LogP contribution is -2.01. The van der Waals surface area contributed by atoms with Crippen molar-refractivity contribution in [2.45, 2.75) is 13.5 Å². The van der Waals surface area contributed by atoms with E-state index in [0.717, 1.165) is 5.56 Å². The van der Waals surface area contributed by atoms with Crippen LogP contribution in [0.4, 0.5) is 5.69 Å². The van der Waals surface area contributed by atoms with Crippen LogP contribution in [0.5, 0.6) is 5.75 Å². The molecule has 0 aromatic heterocycles. The first kappa shape index (κ1) is 13.4. The Morgan fingerprint density at radius 1 is 1.21 bits per heavy atom. The molecule has 0 atom stereocenters. The summed E-state index contributed by atoms with van der Waals surface area (Å²) in [7, 11) is 0. The van der Waals surface area contributed by atoms with Crippen molar-refractivity contribution in [2.75, 3.05) is 5.73 Å². The first-order valence-electron chi connectivity index (χ1n) is 5.84. The number of benzene rings is 2. The van der Waals surface area contributed by atoms with Crippen molar-refractivity contribution in [1.82, 2.24) is 0 Å². The minimum absolute atomic E-state index is 0.0539. The fourth-order valence-corrected chi connectivity index (χ4v) is 1.82. The average Bonchev–Trinajstić information content (AvgIpc) is 2.37. The summed E-state index contributed by atoms with van der Waals surface area (Å²) in [4.78, 5) is 11.3. The summed E-state index contributed by atoms with van der Waals surface area (Å²) < 4.78 is 5.61. The van der Waals surface area contributed by atoms with Crippen LogP contribution in [-0.4, -0.2) is 5.78 Å². The maximum absolute atomic E-state index is 11.3. The van der Waals surface area contributed by atoms with Crippen molar-refractivity contribution in [3.8, 4) is 5.75 Å². The molecule has 0 unspecified atom stereocenters. The van der Waals surface area contributed by atoms with E-state index in [9.17, 15) is 4.79 Å². The molecule has 4 heteroatoms. The van der Waals surface area contributed by atoms with E-state index < -0.39 is 0 Å². The highest BCUT2D eigenvalue weighted by molar-refractivity contribution is 6.30. The maximum atomic E-state index is 11.3. The van der Waals surface area contributed by atoms with Gasteiger partial charge in [0, 0.05) is 22.3 Å². The number of hydrogen-bond donors (Lipinski definition) is 1. The third-order valence-corrected chi connectivity index (χ3v) is 2.97. The SMILES string of the molecule is CC(=O)c1ccc(OCc2ccc(Cl)cc2)cc1N. The van der Waals surface area contributed by atoms with Gasteiger partial charge in [-0.1, -0.05) is 23.7 Å². The van der Waals surface area contributed by atoms with Crippen molar-refractivity contribution < 1.29 is 9.53 Å². The van der Waals surface area contributed by atoms with Gasteiger partial charge in [0.2, 0.25) is 0 Å². The van der Waals surface area contributed by atoms with Crippen LogP contribution in [0, 0.1) is 0 Å². The van der Waals surface area contributed by atoms with Crippen molar-refractivity contribution >= 4 is 23.1 Å². The van der Waals surface area contributed by atoms with Crippen LogP contribution in [0.25, 0.3) is 0 Å². The van der Waals surface area contributed by atoms with E-state index in [1.54, 1.807) is 18.2 Å². The number of halogens is 1.